The van der Waals surface area contributed by atoms with Crippen LogP contribution in [0.4, 0.5) is 13.2 Å². The van der Waals surface area contributed by atoms with Crippen LogP contribution in [0, 0.1) is 0 Å². The maximum Gasteiger partial charge on any atom is 0.409 e. The standard InChI is InChI=1S/C11H15F3N2/c1-2-3-8-4-6-9(7-5-8)10(16-15)11(12,13)14/h4-7,10,16H,2-3,15H2,1H3. The van der Waals surface area contributed by atoms with E-state index in [9.17, 15) is 13.2 Å². The van der Waals surface area contributed by atoms with Crippen molar-refractivity contribution in [2.75, 3.05) is 0 Å². The van der Waals surface area contributed by atoms with Crippen molar-refractivity contribution in [1.82, 2.24) is 5.43 Å². The lowest BCUT2D eigenvalue weighted by molar-refractivity contribution is -0.157. The Balaban J connectivity index is 2.87. The van der Waals surface area contributed by atoms with Crippen molar-refractivity contribution in [2.24, 2.45) is 5.84 Å². The zero-order chi connectivity index (χ0) is 12.2. The second kappa shape index (κ2) is 5.32. The lowest BCUT2D eigenvalue weighted by Crippen LogP contribution is -2.38. The highest BCUT2D eigenvalue weighted by molar-refractivity contribution is 5.26. The van der Waals surface area contributed by atoms with E-state index in [0.717, 1.165) is 18.4 Å². The van der Waals surface area contributed by atoms with Crippen molar-refractivity contribution < 1.29 is 13.2 Å². The van der Waals surface area contributed by atoms with Crippen molar-refractivity contribution in [3.05, 3.63) is 35.4 Å². The van der Waals surface area contributed by atoms with Crippen molar-refractivity contribution >= 4 is 0 Å². The summed E-state index contributed by atoms with van der Waals surface area (Å²) in [7, 11) is 0. The zero-order valence-electron chi connectivity index (χ0n) is 9.01. The van der Waals surface area contributed by atoms with Crippen LogP contribution < -0.4 is 11.3 Å². The van der Waals surface area contributed by atoms with Gasteiger partial charge in [0.15, 0.2) is 0 Å². The van der Waals surface area contributed by atoms with Gasteiger partial charge in [-0.3, -0.25) is 5.84 Å². The molecule has 5 heteroatoms. The number of nitrogens with one attached hydrogen (secondary N) is 1. The van der Waals surface area contributed by atoms with Gasteiger partial charge in [-0.15, -0.1) is 0 Å². The van der Waals surface area contributed by atoms with E-state index in [0.29, 0.717) is 0 Å². The summed E-state index contributed by atoms with van der Waals surface area (Å²) in [5.74, 6) is 4.92. The van der Waals surface area contributed by atoms with Crippen LogP contribution >= 0.6 is 0 Å². The van der Waals surface area contributed by atoms with E-state index in [-0.39, 0.29) is 5.56 Å². The van der Waals surface area contributed by atoms with E-state index in [1.165, 1.54) is 12.1 Å². The summed E-state index contributed by atoms with van der Waals surface area (Å²) in [5.41, 5.74) is 2.95. The predicted octanol–water partition coefficient (Wildman–Crippen LogP) is 2.71. The molecule has 0 saturated carbocycles. The molecule has 1 aromatic rings. The molecule has 0 aliphatic rings. The molecule has 0 amide bonds. The lowest BCUT2D eigenvalue weighted by Gasteiger charge is -2.19. The molecule has 0 radical (unpaired) electrons. The largest absolute Gasteiger partial charge is 0.409 e. The molecule has 0 bridgehead atoms. The van der Waals surface area contributed by atoms with Gasteiger partial charge in [-0.25, -0.2) is 5.43 Å². The Morgan fingerprint density at radius 3 is 2.19 bits per heavy atom. The number of halogens is 3. The Bertz CT molecular complexity index is 319. The number of rotatable bonds is 4. The molecule has 0 fully saturated rings. The van der Waals surface area contributed by atoms with Gasteiger partial charge < -0.3 is 0 Å². The van der Waals surface area contributed by atoms with Crippen LogP contribution in [0.1, 0.15) is 30.5 Å². The molecule has 0 aliphatic heterocycles. The number of nitrogens with two attached hydrogens (primary N) is 1. The summed E-state index contributed by atoms with van der Waals surface area (Å²) in [6.45, 7) is 2.02. The Morgan fingerprint density at radius 2 is 1.81 bits per heavy atom. The first-order chi connectivity index (χ1) is 7.49. The fourth-order valence-corrected chi connectivity index (χ4v) is 1.55. The van der Waals surface area contributed by atoms with Crippen LogP contribution in [-0.2, 0) is 6.42 Å². The Hall–Kier alpha value is -1.07. The molecule has 1 aromatic carbocycles. The van der Waals surface area contributed by atoms with Gasteiger partial charge in [0.2, 0.25) is 0 Å². The van der Waals surface area contributed by atoms with Crippen LogP contribution in [0.25, 0.3) is 0 Å². The minimum absolute atomic E-state index is 0.134. The predicted molar refractivity (Wildman–Crippen MR) is 56.6 cm³/mol. The topological polar surface area (TPSA) is 38.0 Å². The number of alkyl halides is 3. The van der Waals surface area contributed by atoms with Gasteiger partial charge >= 0.3 is 6.18 Å². The average Bonchev–Trinajstić information content (AvgIpc) is 2.20. The zero-order valence-corrected chi connectivity index (χ0v) is 9.01. The fourth-order valence-electron chi connectivity index (χ4n) is 1.55. The third-order valence-electron chi connectivity index (χ3n) is 2.35. The minimum atomic E-state index is -4.37. The molecular weight excluding hydrogens is 217 g/mol. The lowest BCUT2D eigenvalue weighted by atomic mass is 10.0. The summed E-state index contributed by atoms with van der Waals surface area (Å²) in [4.78, 5) is 0. The van der Waals surface area contributed by atoms with E-state index in [1.54, 1.807) is 17.6 Å². The molecule has 0 aromatic heterocycles. The van der Waals surface area contributed by atoms with Crippen molar-refractivity contribution in [3.63, 3.8) is 0 Å². The third-order valence-corrected chi connectivity index (χ3v) is 2.35. The van der Waals surface area contributed by atoms with Gasteiger partial charge in [-0.05, 0) is 17.5 Å². The van der Waals surface area contributed by atoms with Crippen LogP contribution in [0.15, 0.2) is 24.3 Å². The van der Waals surface area contributed by atoms with E-state index < -0.39 is 12.2 Å². The van der Waals surface area contributed by atoms with Crippen molar-refractivity contribution in [3.8, 4) is 0 Å². The first-order valence-electron chi connectivity index (χ1n) is 5.10. The molecule has 1 atom stereocenters. The first kappa shape index (κ1) is 13.0. The molecule has 0 aliphatic carbocycles. The maximum absolute atomic E-state index is 12.5. The minimum Gasteiger partial charge on any atom is -0.271 e. The first-order valence-corrected chi connectivity index (χ1v) is 5.10. The normalized spacial score (nSPS) is 13.8. The Labute approximate surface area is 92.6 Å². The van der Waals surface area contributed by atoms with Crippen LogP contribution in [-0.4, -0.2) is 6.18 Å². The highest BCUT2D eigenvalue weighted by atomic mass is 19.4. The fraction of sp³-hybridized carbons (Fsp3) is 0.455. The molecule has 1 rings (SSSR count). The molecule has 0 heterocycles. The second-order valence-electron chi connectivity index (χ2n) is 3.63. The molecule has 1 unspecified atom stereocenters. The smallest absolute Gasteiger partial charge is 0.271 e. The van der Waals surface area contributed by atoms with Crippen LogP contribution in [0.3, 0.4) is 0 Å². The summed E-state index contributed by atoms with van der Waals surface area (Å²) in [5, 5.41) is 0. The number of hydrogen-bond donors (Lipinski definition) is 2. The molecule has 3 N–H and O–H groups in total. The van der Waals surface area contributed by atoms with Gasteiger partial charge in [0.05, 0.1) is 0 Å². The second-order valence-corrected chi connectivity index (χ2v) is 3.63. The Morgan fingerprint density at radius 1 is 1.25 bits per heavy atom. The molecule has 16 heavy (non-hydrogen) atoms. The summed E-state index contributed by atoms with van der Waals surface area (Å²) >= 11 is 0. The van der Waals surface area contributed by atoms with E-state index in [2.05, 4.69) is 0 Å². The average molecular weight is 232 g/mol. The van der Waals surface area contributed by atoms with Gasteiger partial charge in [0, 0.05) is 0 Å². The van der Waals surface area contributed by atoms with Gasteiger partial charge in [0.1, 0.15) is 6.04 Å². The third kappa shape index (κ3) is 3.21. The van der Waals surface area contributed by atoms with Crippen LogP contribution in [0.5, 0.6) is 0 Å². The Kier molecular flexibility index (Phi) is 4.32. The summed E-state index contributed by atoms with van der Waals surface area (Å²) in [6, 6.07) is 4.53. The molecular formula is C11H15F3N2. The van der Waals surface area contributed by atoms with E-state index in [1.807, 2.05) is 6.92 Å². The van der Waals surface area contributed by atoms with Gasteiger partial charge in [-0.2, -0.15) is 13.2 Å². The van der Waals surface area contributed by atoms with Crippen molar-refractivity contribution in [2.45, 2.75) is 32.0 Å². The van der Waals surface area contributed by atoms with Crippen LogP contribution in [0.2, 0.25) is 0 Å². The number of hydrazine groups is 1. The molecule has 0 saturated heterocycles. The highest BCUT2D eigenvalue weighted by Crippen LogP contribution is 2.31. The van der Waals surface area contributed by atoms with Gasteiger partial charge in [-0.1, -0.05) is 37.6 Å². The maximum atomic E-state index is 12.5. The quantitative estimate of drug-likeness (QED) is 0.618. The number of hydrogen-bond acceptors (Lipinski definition) is 2. The highest BCUT2D eigenvalue weighted by Gasteiger charge is 2.39. The number of benzene rings is 1. The summed E-state index contributed by atoms with van der Waals surface area (Å²) in [6.07, 6.45) is -2.54. The van der Waals surface area contributed by atoms with E-state index >= 15 is 0 Å². The summed E-state index contributed by atoms with van der Waals surface area (Å²) < 4.78 is 37.5. The SMILES string of the molecule is CCCc1ccc(C(NN)C(F)(F)F)cc1. The van der Waals surface area contributed by atoms with E-state index in [4.69, 9.17) is 5.84 Å². The molecule has 0 spiro atoms. The molecule has 90 valence electrons. The van der Waals surface area contributed by atoms with Gasteiger partial charge in [0.25, 0.3) is 0 Å². The molecule has 2 nitrogen and oxygen atoms in total. The number of aryl methyl sites for hydroxylation is 1. The monoisotopic (exact) mass is 232 g/mol. The van der Waals surface area contributed by atoms with Crippen molar-refractivity contribution in [1.29, 1.82) is 0 Å².